The first-order valence-electron chi connectivity index (χ1n) is 6.36. The number of benzene rings is 2. The minimum Gasteiger partial charge on any atom is -0.379 e. The third-order valence-corrected chi connectivity index (χ3v) is 4.06. The van der Waals surface area contributed by atoms with E-state index >= 15 is 0 Å². The van der Waals surface area contributed by atoms with E-state index in [1.165, 1.54) is 6.33 Å². The Labute approximate surface area is 135 Å². The van der Waals surface area contributed by atoms with Crippen molar-refractivity contribution in [2.24, 2.45) is 0 Å². The van der Waals surface area contributed by atoms with Crippen LogP contribution in [0.2, 0.25) is 5.02 Å². The first-order chi connectivity index (χ1) is 10.2. The smallest absolute Gasteiger partial charge is 0.138 e. The molecule has 1 heterocycles. The molecule has 3 rings (SSSR count). The highest BCUT2D eigenvalue weighted by molar-refractivity contribution is 9.10. The molecule has 106 valence electrons. The lowest BCUT2D eigenvalue weighted by atomic mass is 10.2. The maximum atomic E-state index is 6.04. The number of nitrogens with one attached hydrogen (secondary N) is 1. The van der Waals surface area contributed by atoms with Gasteiger partial charge in [0.05, 0.1) is 11.4 Å². The van der Waals surface area contributed by atoms with Gasteiger partial charge >= 0.3 is 0 Å². The number of hydrogen-bond donors (Lipinski definition) is 1. The fourth-order valence-electron chi connectivity index (χ4n) is 2.02. The summed E-state index contributed by atoms with van der Waals surface area (Å²) in [6.45, 7) is 0.660. The summed E-state index contributed by atoms with van der Waals surface area (Å²) >= 11 is 9.58. The molecule has 0 amide bonds. The zero-order valence-corrected chi connectivity index (χ0v) is 13.3. The average molecular weight is 364 g/mol. The van der Waals surface area contributed by atoms with Crippen LogP contribution in [0.4, 0.5) is 5.69 Å². The number of para-hydroxylation sites is 2. The molecule has 0 spiro atoms. The SMILES string of the molecule is Clc1ccc(Br)c(CNc2ccccc2-n2cncn2)c1. The minimum atomic E-state index is 0.660. The van der Waals surface area contributed by atoms with Crippen molar-refractivity contribution in [3.05, 3.63) is 70.2 Å². The molecule has 0 fully saturated rings. The Balaban J connectivity index is 1.84. The maximum Gasteiger partial charge on any atom is 0.138 e. The second-order valence-corrected chi connectivity index (χ2v) is 5.74. The van der Waals surface area contributed by atoms with E-state index in [9.17, 15) is 0 Å². The highest BCUT2D eigenvalue weighted by atomic mass is 79.9. The molecule has 0 atom stereocenters. The zero-order valence-electron chi connectivity index (χ0n) is 11.0. The summed E-state index contributed by atoms with van der Waals surface area (Å²) in [4.78, 5) is 3.98. The molecule has 0 aliphatic rings. The van der Waals surface area contributed by atoms with Gasteiger partial charge in [0.1, 0.15) is 12.7 Å². The topological polar surface area (TPSA) is 42.7 Å². The Morgan fingerprint density at radius 1 is 1.19 bits per heavy atom. The van der Waals surface area contributed by atoms with Gasteiger partial charge in [-0.15, -0.1) is 0 Å². The van der Waals surface area contributed by atoms with Gasteiger partial charge in [-0.1, -0.05) is 39.7 Å². The number of nitrogens with zero attached hydrogens (tertiary/aromatic N) is 3. The molecule has 3 aromatic rings. The van der Waals surface area contributed by atoms with Crippen LogP contribution in [0.1, 0.15) is 5.56 Å². The van der Waals surface area contributed by atoms with Gasteiger partial charge in [0.15, 0.2) is 0 Å². The Morgan fingerprint density at radius 3 is 2.86 bits per heavy atom. The summed E-state index contributed by atoms with van der Waals surface area (Å²) in [7, 11) is 0. The molecule has 0 saturated heterocycles. The van der Waals surface area contributed by atoms with Gasteiger partial charge in [-0.05, 0) is 35.9 Å². The van der Waals surface area contributed by atoms with Crippen LogP contribution in [-0.2, 0) is 6.54 Å². The predicted octanol–water partition coefficient (Wildman–Crippen LogP) is 4.30. The molecule has 0 bridgehead atoms. The normalized spacial score (nSPS) is 10.6. The van der Waals surface area contributed by atoms with Gasteiger partial charge in [-0.25, -0.2) is 9.67 Å². The van der Waals surface area contributed by atoms with Gasteiger partial charge in [0.25, 0.3) is 0 Å². The van der Waals surface area contributed by atoms with Crippen LogP contribution in [-0.4, -0.2) is 14.8 Å². The van der Waals surface area contributed by atoms with E-state index in [2.05, 4.69) is 31.3 Å². The van der Waals surface area contributed by atoms with Crippen molar-refractivity contribution in [3.63, 3.8) is 0 Å². The van der Waals surface area contributed by atoms with Crippen LogP contribution in [0.15, 0.2) is 59.6 Å². The maximum absolute atomic E-state index is 6.04. The van der Waals surface area contributed by atoms with Gasteiger partial charge in [-0.2, -0.15) is 5.10 Å². The Kier molecular flexibility index (Phi) is 4.22. The van der Waals surface area contributed by atoms with Gasteiger partial charge in [0, 0.05) is 16.0 Å². The van der Waals surface area contributed by atoms with Crippen molar-refractivity contribution < 1.29 is 0 Å². The molecule has 0 radical (unpaired) electrons. The second-order valence-electron chi connectivity index (χ2n) is 4.45. The summed E-state index contributed by atoms with van der Waals surface area (Å²) in [5, 5.41) is 8.30. The van der Waals surface area contributed by atoms with Crippen LogP contribution in [0, 0.1) is 0 Å². The van der Waals surface area contributed by atoms with E-state index in [0.717, 1.165) is 26.4 Å². The Bertz CT molecular complexity index is 743. The summed E-state index contributed by atoms with van der Waals surface area (Å²) in [6.07, 6.45) is 3.19. The molecule has 1 N–H and O–H groups in total. The van der Waals surface area contributed by atoms with Crippen LogP contribution in [0.5, 0.6) is 0 Å². The molecule has 0 unspecified atom stereocenters. The summed E-state index contributed by atoms with van der Waals surface area (Å²) < 4.78 is 2.76. The van der Waals surface area contributed by atoms with Crippen molar-refractivity contribution in [2.75, 3.05) is 5.32 Å². The van der Waals surface area contributed by atoms with E-state index in [4.69, 9.17) is 11.6 Å². The third kappa shape index (κ3) is 3.25. The highest BCUT2D eigenvalue weighted by Gasteiger charge is 2.06. The fraction of sp³-hybridized carbons (Fsp3) is 0.0667. The molecule has 21 heavy (non-hydrogen) atoms. The lowest BCUT2D eigenvalue weighted by Crippen LogP contribution is -2.05. The monoisotopic (exact) mass is 362 g/mol. The molecule has 6 heteroatoms. The molecule has 2 aromatic carbocycles. The molecule has 0 aliphatic heterocycles. The van der Waals surface area contributed by atoms with E-state index in [0.29, 0.717) is 6.54 Å². The Hall–Kier alpha value is -1.85. The summed E-state index contributed by atoms with van der Waals surface area (Å²) in [5.74, 6) is 0. The lowest BCUT2D eigenvalue weighted by Gasteiger charge is -2.12. The number of halogens is 2. The molecular weight excluding hydrogens is 352 g/mol. The van der Waals surface area contributed by atoms with Gasteiger partial charge in [0.2, 0.25) is 0 Å². The molecule has 1 aromatic heterocycles. The molecular formula is C15H12BrClN4. The number of aromatic nitrogens is 3. The number of anilines is 1. The van der Waals surface area contributed by atoms with Gasteiger partial charge < -0.3 is 5.32 Å². The fourth-order valence-corrected chi connectivity index (χ4v) is 2.61. The van der Waals surface area contributed by atoms with E-state index in [1.54, 1.807) is 11.0 Å². The van der Waals surface area contributed by atoms with Crippen LogP contribution in [0.25, 0.3) is 5.69 Å². The Morgan fingerprint density at radius 2 is 2.05 bits per heavy atom. The van der Waals surface area contributed by atoms with E-state index < -0.39 is 0 Å². The van der Waals surface area contributed by atoms with Crippen molar-refractivity contribution in [2.45, 2.75) is 6.54 Å². The second kappa shape index (κ2) is 6.28. The average Bonchev–Trinajstić information content (AvgIpc) is 3.03. The first kappa shape index (κ1) is 14.1. The number of rotatable bonds is 4. The third-order valence-electron chi connectivity index (χ3n) is 3.05. The van der Waals surface area contributed by atoms with E-state index in [1.807, 2.05) is 42.5 Å². The van der Waals surface area contributed by atoms with Crippen LogP contribution >= 0.6 is 27.5 Å². The van der Waals surface area contributed by atoms with E-state index in [-0.39, 0.29) is 0 Å². The quantitative estimate of drug-likeness (QED) is 0.751. The predicted molar refractivity (Wildman–Crippen MR) is 87.8 cm³/mol. The van der Waals surface area contributed by atoms with Crippen molar-refractivity contribution >= 4 is 33.2 Å². The standard InChI is InChI=1S/C15H12BrClN4/c16-13-6-5-12(17)7-11(13)8-19-14-3-1-2-4-15(14)21-10-18-9-20-21/h1-7,9-10,19H,8H2. The molecule has 0 saturated carbocycles. The van der Waals surface area contributed by atoms with Crippen LogP contribution in [0.3, 0.4) is 0 Å². The lowest BCUT2D eigenvalue weighted by molar-refractivity contribution is 0.877. The summed E-state index contributed by atoms with van der Waals surface area (Å²) in [6, 6.07) is 13.7. The molecule has 0 aliphatic carbocycles. The molecule has 4 nitrogen and oxygen atoms in total. The minimum absolute atomic E-state index is 0.660. The summed E-state index contributed by atoms with van der Waals surface area (Å²) in [5.41, 5.74) is 3.03. The van der Waals surface area contributed by atoms with Crippen molar-refractivity contribution in [3.8, 4) is 5.69 Å². The first-order valence-corrected chi connectivity index (χ1v) is 7.53. The van der Waals surface area contributed by atoms with Crippen LogP contribution < -0.4 is 5.32 Å². The van der Waals surface area contributed by atoms with Gasteiger partial charge in [-0.3, -0.25) is 0 Å². The largest absolute Gasteiger partial charge is 0.379 e. The number of hydrogen-bond acceptors (Lipinski definition) is 3. The highest BCUT2D eigenvalue weighted by Crippen LogP contribution is 2.24. The van der Waals surface area contributed by atoms with Crippen molar-refractivity contribution in [1.82, 2.24) is 14.8 Å². The zero-order chi connectivity index (χ0) is 14.7. The van der Waals surface area contributed by atoms with Crippen molar-refractivity contribution in [1.29, 1.82) is 0 Å².